The highest BCUT2D eigenvalue weighted by atomic mass is 32.2. The van der Waals surface area contributed by atoms with E-state index in [-0.39, 0.29) is 5.75 Å². The summed E-state index contributed by atoms with van der Waals surface area (Å²) in [5, 5.41) is 4.69. The third-order valence-corrected chi connectivity index (χ3v) is 1.99. The molecule has 1 aromatic rings. The molecule has 0 spiro atoms. The van der Waals surface area contributed by atoms with E-state index in [4.69, 9.17) is 5.14 Å². The average Bonchev–Trinajstić information content (AvgIpc) is 2.56. The Balaban J connectivity index is 0.000000243. The van der Waals surface area contributed by atoms with Gasteiger partial charge in [-0.1, -0.05) is 13.3 Å². The van der Waals surface area contributed by atoms with Gasteiger partial charge >= 0.3 is 0 Å². The normalized spacial score (nSPS) is 10.3. The van der Waals surface area contributed by atoms with Crippen LogP contribution >= 0.6 is 0 Å². The molecule has 0 aromatic carbocycles. The number of hydrogen-bond donors (Lipinski definition) is 1. The second-order valence-corrected chi connectivity index (χ2v) is 4.13. The zero-order valence-corrected chi connectivity index (χ0v) is 8.33. The van der Waals surface area contributed by atoms with Gasteiger partial charge in [0.1, 0.15) is 6.26 Å². The molecule has 76 valence electrons. The van der Waals surface area contributed by atoms with Gasteiger partial charge in [-0.2, -0.15) is 0 Å². The van der Waals surface area contributed by atoms with Crippen molar-refractivity contribution in [3.8, 4) is 0 Å². The van der Waals surface area contributed by atoms with Gasteiger partial charge in [0.05, 0.1) is 11.9 Å². The van der Waals surface area contributed by atoms with E-state index < -0.39 is 10.0 Å². The van der Waals surface area contributed by atoms with Crippen molar-refractivity contribution in [3.63, 3.8) is 0 Å². The molecule has 0 saturated heterocycles. The largest absolute Gasteiger partial charge is 0.452 e. The van der Waals surface area contributed by atoms with Crippen LogP contribution in [-0.2, 0) is 10.0 Å². The van der Waals surface area contributed by atoms with Gasteiger partial charge in [-0.15, -0.1) is 0 Å². The zero-order valence-electron chi connectivity index (χ0n) is 7.51. The molecule has 1 rings (SSSR count). The molecule has 2 N–H and O–H groups in total. The number of sulfonamides is 1. The molecule has 0 unspecified atom stereocenters. The fraction of sp³-hybridized carbons (Fsp3) is 0.571. The van der Waals surface area contributed by atoms with E-state index in [0.29, 0.717) is 6.42 Å². The Morgan fingerprint density at radius 2 is 2.23 bits per heavy atom. The number of oxazole rings is 1. The molecular formula is C7H14N2O3S. The van der Waals surface area contributed by atoms with Crippen LogP contribution in [0.5, 0.6) is 0 Å². The van der Waals surface area contributed by atoms with Crippen molar-refractivity contribution >= 4 is 10.0 Å². The highest BCUT2D eigenvalue weighted by Gasteiger charge is 1.98. The van der Waals surface area contributed by atoms with Crippen LogP contribution in [0.25, 0.3) is 0 Å². The maximum atomic E-state index is 10.2. The number of aromatic nitrogens is 1. The molecule has 0 atom stereocenters. The Labute approximate surface area is 78.0 Å². The fourth-order valence-electron chi connectivity index (χ4n) is 0.521. The molecule has 0 fully saturated rings. The van der Waals surface area contributed by atoms with Crippen LogP contribution in [0, 0.1) is 0 Å². The third-order valence-electron chi connectivity index (χ3n) is 1.13. The first-order valence-corrected chi connectivity index (χ1v) is 5.60. The Bertz CT molecular complexity index is 263. The van der Waals surface area contributed by atoms with Gasteiger partial charge in [-0.3, -0.25) is 0 Å². The molecule has 6 heteroatoms. The van der Waals surface area contributed by atoms with Crippen LogP contribution in [0.4, 0.5) is 0 Å². The molecule has 13 heavy (non-hydrogen) atoms. The van der Waals surface area contributed by atoms with Crippen LogP contribution in [0.1, 0.15) is 19.8 Å². The standard InChI is InChI=1S/C4H11NO2S.C3H3NO/c1-2-3-4-8(5,6)7;1-2-5-3-4-1/h2-4H2,1H3,(H2,5,6,7);1-3H. The molecular weight excluding hydrogens is 192 g/mol. The molecule has 0 aliphatic heterocycles. The SMILES string of the molecule is CCCCS(N)(=O)=O.c1cocn1. The summed E-state index contributed by atoms with van der Waals surface area (Å²) >= 11 is 0. The average molecular weight is 206 g/mol. The fourth-order valence-corrected chi connectivity index (χ4v) is 1.21. The summed E-state index contributed by atoms with van der Waals surface area (Å²) in [5.74, 6) is 0.115. The predicted molar refractivity (Wildman–Crippen MR) is 49.4 cm³/mol. The minimum absolute atomic E-state index is 0.115. The monoisotopic (exact) mass is 206 g/mol. The summed E-state index contributed by atoms with van der Waals surface area (Å²) in [6.07, 6.45) is 6.01. The minimum Gasteiger partial charge on any atom is -0.452 e. The lowest BCUT2D eigenvalue weighted by Crippen LogP contribution is -2.15. The highest BCUT2D eigenvalue weighted by Crippen LogP contribution is 1.88. The molecule has 1 heterocycles. The van der Waals surface area contributed by atoms with E-state index in [1.165, 1.54) is 12.7 Å². The molecule has 0 radical (unpaired) electrons. The van der Waals surface area contributed by atoms with Crippen molar-refractivity contribution in [2.45, 2.75) is 19.8 Å². The Morgan fingerprint density at radius 1 is 1.54 bits per heavy atom. The van der Waals surface area contributed by atoms with Crippen molar-refractivity contribution in [1.29, 1.82) is 0 Å². The maximum Gasteiger partial charge on any atom is 0.209 e. The quantitative estimate of drug-likeness (QED) is 0.790. The highest BCUT2D eigenvalue weighted by molar-refractivity contribution is 7.89. The van der Waals surface area contributed by atoms with Gasteiger partial charge in [0, 0.05) is 0 Å². The van der Waals surface area contributed by atoms with Gasteiger partial charge in [0.15, 0.2) is 6.39 Å². The zero-order chi connectivity index (χ0) is 10.2. The van der Waals surface area contributed by atoms with E-state index in [1.54, 1.807) is 6.20 Å². The minimum atomic E-state index is -3.19. The topological polar surface area (TPSA) is 86.2 Å². The lowest BCUT2D eigenvalue weighted by molar-refractivity contribution is 0.558. The van der Waals surface area contributed by atoms with Crippen molar-refractivity contribution in [1.82, 2.24) is 4.98 Å². The van der Waals surface area contributed by atoms with Crippen LogP contribution in [0.2, 0.25) is 0 Å². The first-order valence-electron chi connectivity index (χ1n) is 3.89. The van der Waals surface area contributed by atoms with Gasteiger partial charge in [0.2, 0.25) is 10.0 Å². The van der Waals surface area contributed by atoms with E-state index in [9.17, 15) is 8.42 Å². The third kappa shape index (κ3) is 11.1. The summed E-state index contributed by atoms with van der Waals surface area (Å²) in [7, 11) is -3.19. The summed E-state index contributed by atoms with van der Waals surface area (Å²) in [5.41, 5.74) is 0. The first kappa shape index (κ1) is 12.1. The van der Waals surface area contributed by atoms with Gasteiger partial charge in [0.25, 0.3) is 0 Å². The Hall–Kier alpha value is -0.880. The van der Waals surface area contributed by atoms with Crippen LogP contribution in [0.3, 0.4) is 0 Å². The van der Waals surface area contributed by atoms with Gasteiger partial charge < -0.3 is 4.42 Å². The summed E-state index contributed by atoms with van der Waals surface area (Å²) in [4.78, 5) is 3.56. The van der Waals surface area contributed by atoms with Gasteiger partial charge in [-0.05, 0) is 6.42 Å². The van der Waals surface area contributed by atoms with E-state index >= 15 is 0 Å². The summed E-state index contributed by atoms with van der Waals surface area (Å²) in [6.45, 7) is 1.92. The molecule has 1 aromatic heterocycles. The maximum absolute atomic E-state index is 10.2. The lowest BCUT2D eigenvalue weighted by Gasteiger charge is -1.91. The molecule has 5 nitrogen and oxygen atoms in total. The number of primary sulfonamides is 1. The van der Waals surface area contributed by atoms with E-state index in [0.717, 1.165) is 6.42 Å². The smallest absolute Gasteiger partial charge is 0.209 e. The second kappa shape index (κ2) is 6.62. The number of unbranched alkanes of at least 4 members (excludes halogenated alkanes) is 1. The Morgan fingerprint density at radius 3 is 2.38 bits per heavy atom. The van der Waals surface area contributed by atoms with Gasteiger partial charge in [-0.25, -0.2) is 18.5 Å². The van der Waals surface area contributed by atoms with E-state index in [2.05, 4.69) is 9.40 Å². The van der Waals surface area contributed by atoms with Crippen LogP contribution in [-0.4, -0.2) is 19.2 Å². The summed E-state index contributed by atoms with van der Waals surface area (Å²) in [6, 6.07) is 0. The van der Waals surface area contributed by atoms with E-state index in [1.807, 2.05) is 6.92 Å². The molecule has 0 saturated carbocycles. The number of rotatable bonds is 3. The second-order valence-electron chi connectivity index (χ2n) is 2.40. The molecule has 0 aliphatic rings. The van der Waals surface area contributed by atoms with Crippen molar-refractivity contribution in [3.05, 3.63) is 18.9 Å². The first-order chi connectivity index (χ1) is 6.06. The van der Waals surface area contributed by atoms with Crippen LogP contribution < -0.4 is 5.14 Å². The Kier molecular flexibility index (Phi) is 6.17. The van der Waals surface area contributed by atoms with Crippen molar-refractivity contribution < 1.29 is 12.8 Å². The number of nitrogens with zero attached hydrogens (tertiary/aromatic N) is 1. The van der Waals surface area contributed by atoms with Crippen molar-refractivity contribution in [2.75, 3.05) is 5.75 Å². The van der Waals surface area contributed by atoms with Crippen LogP contribution in [0.15, 0.2) is 23.3 Å². The van der Waals surface area contributed by atoms with Crippen molar-refractivity contribution in [2.24, 2.45) is 5.14 Å². The molecule has 0 amide bonds. The molecule has 0 bridgehead atoms. The molecule has 0 aliphatic carbocycles. The predicted octanol–water partition coefficient (Wildman–Crippen LogP) is 0.750. The lowest BCUT2D eigenvalue weighted by atomic mass is 10.4. The summed E-state index contributed by atoms with van der Waals surface area (Å²) < 4.78 is 24.8. The number of nitrogens with two attached hydrogens (primary N) is 1. The number of hydrogen-bond acceptors (Lipinski definition) is 4.